The molecule has 2 N–H and O–H groups in total. The van der Waals surface area contributed by atoms with Gasteiger partial charge in [-0.2, -0.15) is 0 Å². The van der Waals surface area contributed by atoms with E-state index in [4.69, 9.17) is 22.1 Å². The molecule has 18 heavy (non-hydrogen) atoms. The number of aromatic nitrogens is 2. The molecule has 7 heteroatoms. The Morgan fingerprint density at radius 1 is 1.39 bits per heavy atom. The van der Waals surface area contributed by atoms with Gasteiger partial charge >= 0.3 is 5.97 Å². The van der Waals surface area contributed by atoms with Gasteiger partial charge in [0.05, 0.1) is 11.2 Å². The van der Waals surface area contributed by atoms with Gasteiger partial charge in [-0.3, -0.25) is 4.98 Å². The molecular weight excluding hydrogens is 261 g/mol. The zero-order valence-corrected chi connectivity index (χ0v) is 9.69. The first kappa shape index (κ1) is 12.3. The predicted molar refractivity (Wildman–Crippen MR) is 62.8 cm³/mol. The number of hydrogen-bond acceptors (Lipinski definition) is 5. The van der Waals surface area contributed by atoms with E-state index in [0.717, 1.165) is 6.07 Å². The third kappa shape index (κ3) is 2.38. The van der Waals surface area contributed by atoms with E-state index >= 15 is 0 Å². The summed E-state index contributed by atoms with van der Waals surface area (Å²) in [6.45, 7) is 0. The third-order valence-electron chi connectivity index (χ3n) is 2.06. The number of nitrogens with zero attached hydrogens (tertiary/aromatic N) is 2. The van der Waals surface area contributed by atoms with Crippen LogP contribution in [0.2, 0.25) is 5.02 Å². The molecule has 1 aromatic heterocycles. The van der Waals surface area contributed by atoms with Crippen LogP contribution in [-0.2, 0) is 0 Å². The lowest BCUT2D eigenvalue weighted by atomic mass is 10.3. The number of rotatable bonds is 2. The molecule has 0 saturated carbocycles. The van der Waals surface area contributed by atoms with Crippen LogP contribution in [0.5, 0.6) is 5.75 Å². The molecular formula is C11H7ClFN3O2. The van der Waals surface area contributed by atoms with E-state index in [1.165, 1.54) is 24.7 Å². The van der Waals surface area contributed by atoms with Crippen LogP contribution in [0.25, 0.3) is 0 Å². The van der Waals surface area contributed by atoms with Crippen molar-refractivity contribution >= 4 is 23.3 Å². The van der Waals surface area contributed by atoms with Gasteiger partial charge in [-0.15, -0.1) is 0 Å². The molecule has 0 aliphatic heterocycles. The Hall–Kier alpha value is -2.21. The molecule has 0 atom stereocenters. The van der Waals surface area contributed by atoms with Crippen LogP contribution in [0.15, 0.2) is 30.7 Å². The van der Waals surface area contributed by atoms with Crippen LogP contribution in [0.4, 0.5) is 10.1 Å². The van der Waals surface area contributed by atoms with Crippen molar-refractivity contribution in [1.82, 2.24) is 9.97 Å². The fourth-order valence-electron chi connectivity index (χ4n) is 1.20. The highest BCUT2D eigenvalue weighted by atomic mass is 35.5. The van der Waals surface area contributed by atoms with Crippen molar-refractivity contribution in [2.24, 2.45) is 0 Å². The number of hydrogen-bond donors (Lipinski definition) is 1. The van der Waals surface area contributed by atoms with E-state index in [0.29, 0.717) is 0 Å². The maximum absolute atomic E-state index is 13.2. The lowest BCUT2D eigenvalue weighted by molar-refractivity contribution is 0.0729. The number of benzene rings is 1. The Labute approximate surface area is 106 Å². The van der Waals surface area contributed by atoms with Crippen molar-refractivity contribution in [2.75, 3.05) is 5.73 Å². The van der Waals surface area contributed by atoms with Crippen molar-refractivity contribution in [1.29, 1.82) is 0 Å². The molecule has 0 amide bonds. The second kappa shape index (κ2) is 4.97. The molecule has 5 nitrogen and oxygen atoms in total. The van der Waals surface area contributed by atoms with Crippen molar-refractivity contribution in [3.8, 4) is 5.75 Å². The maximum atomic E-state index is 13.2. The Kier molecular flexibility index (Phi) is 3.38. The molecule has 1 heterocycles. The van der Waals surface area contributed by atoms with E-state index in [1.54, 1.807) is 0 Å². The molecule has 0 spiro atoms. The minimum Gasteiger partial charge on any atom is -0.418 e. The summed E-state index contributed by atoms with van der Waals surface area (Å²) < 4.78 is 18.1. The molecule has 0 unspecified atom stereocenters. The van der Waals surface area contributed by atoms with E-state index in [9.17, 15) is 9.18 Å². The first-order valence-corrected chi connectivity index (χ1v) is 5.19. The molecule has 0 fully saturated rings. The largest absolute Gasteiger partial charge is 0.418 e. The zero-order valence-electron chi connectivity index (χ0n) is 8.93. The monoisotopic (exact) mass is 267 g/mol. The number of ether oxygens (including phenoxy) is 1. The van der Waals surface area contributed by atoms with Gasteiger partial charge in [0.2, 0.25) is 0 Å². The lowest BCUT2D eigenvalue weighted by Crippen LogP contribution is -2.12. The third-order valence-corrected chi connectivity index (χ3v) is 2.36. The summed E-state index contributed by atoms with van der Waals surface area (Å²) >= 11 is 5.77. The van der Waals surface area contributed by atoms with Gasteiger partial charge in [-0.05, 0) is 12.1 Å². The summed E-state index contributed by atoms with van der Waals surface area (Å²) in [7, 11) is 0. The van der Waals surface area contributed by atoms with Gasteiger partial charge in [0.25, 0.3) is 0 Å². The average molecular weight is 268 g/mol. The highest BCUT2D eigenvalue weighted by molar-refractivity contribution is 6.32. The van der Waals surface area contributed by atoms with E-state index < -0.39 is 11.8 Å². The summed E-state index contributed by atoms with van der Waals surface area (Å²) in [6.07, 6.45) is 3.94. The zero-order chi connectivity index (χ0) is 13.1. The smallest absolute Gasteiger partial charge is 0.364 e. The Morgan fingerprint density at radius 2 is 2.17 bits per heavy atom. The highest BCUT2D eigenvalue weighted by Gasteiger charge is 2.17. The fraction of sp³-hybridized carbons (Fsp3) is 0. The van der Waals surface area contributed by atoms with Crippen LogP contribution >= 0.6 is 11.6 Å². The molecule has 0 bridgehead atoms. The number of anilines is 1. The predicted octanol–water partition coefficient (Wildman–Crippen LogP) is 2.07. The number of nitrogen functional groups attached to an aromatic ring is 1. The minimum atomic E-state index is -0.817. The topological polar surface area (TPSA) is 78.1 Å². The quantitative estimate of drug-likeness (QED) is 0.512. The van der Waals surface area contributed by atoms with Crippen LogP contribution < -0.4 is 10.5 Å². The molecule has 1 aromatic carbocycles. The van der Waals surface area contributed by atoms with E-state index in [1.807, 2.05) is 0 Å². The SMILES string of the molecule is Nc1c(F)ccc(Cl)c1OC(=O)c1cnccn1. The van der Waals surface area contributed by atoms with Gasteiger partial charge < -0.3 is 10.5 Å². The van der Waals surface area contributed by atoms with Gasteiger partial charge in [-0.25, -0.2) is 14.2 Å². The van der Waals surface area contributed by atoms with Crippen molar-refractivity contribution in [3.63, 3.8) is 0 Å². The molecule has 0 aliphatic rings. The van der Waals surface area contributed by atoms with Crippen LogP contribution in [0.1, 0.15) is 10.5 Å². The van der Waals surface area contributed by atoms with Crippen molar-refractivity contribution in [3.05, 3.63) is 47.3 Å². The summed E-state index contributed by atoms with van der Waals surface area (Å²) in [5.74, 6) is -1.77. The van der Waals surface area contributed by atoms with Crippen LogP contribution in [0.3, 0.4) is 0 Å². The first-order valence-electron chi connectivity index (χ1n) is 4.81. The lowest BCUT2D eigenvalue weighted by Gasteiger charge is -2.08. The van der Waals surface area contributed by atoms with Crippen molar-refractivity contribution < 1.29 is 13.9 Å². The number of carbonyl (C=O) groups excluding carboxylic acids is 1. The van der Waals surface area contributed by atoms with Crippen molar-refractivity contribution in [2.45, 2.75) is 0 Å². The van der Waals surface area contributed by atoms with Gasteiger partial charge in [-0.1, -0.05) is 11.6 Å². The highest BCUT2D eigenvalue weighted by Crippen LogP contribution is 2.33. The second-order valence-electron chi connectivity index (χ2n) is 3.25. The van der Waals surface area contributed by atoms with Gasteiger partial charge in [0, 0.05) is 12.4 Å². The summed E-state index contributed by atoms with van der Waals surface area (Å²) in [4.78, 5) is 19.1. The number of carbonyl (C=O) groups is 1. The first-order chi connectivity index (χ1) is 8.59. The average Bonchev–Trinajstić information content (AvgIpc) is 2.40. The molecule has 2 aromatic rings. The van der Waals surface area contributed by atoms with Crippen LogP contribution in [-0.4, -0.2) is 15.9 Å². The number of halogens is 2. The van der Waals surface area contributed by atoms with Gasteiger partial charge in [0.15, 0.2) is 11.4 Å². The molecule has 92 valence electrons. The summed E-state index contributed by atoms with van der Waals surface area (Å²) in [6, 6.07) is 2.32. The Bertz CT molecular complexity index is 592. The second-order valence-corrected chi connectivity index (χ2v) is 3.66. The van der Waals surface area contributed by atoms with Gasteiger partial charge in [0.1, 0.15) is 11.5 Å². The van der Waals surface area contributed by atoms with E-state index in [-0.39, 0.29) is 22.2 Å². The summed E-state index contributed by atoms with van der Waals surface area (Å²) in [5.41, 5.74) is 5.07. The Balaban J connectivity index is 2.30. The molecule has 2 rings (SSSR count). The fourth-order valence-corrected chi connectivity index (χ4v) is 1.41. The number of nitrogens with two attached hydrogens (primary N) is 1. The minimum absolute atomic E-state index is 0.0303. The molecule has 0 aliphatic carbocycles. The maximum Gasteiger partial charge on any atom is 0.364 e. The van der Waals surface area contributed by atoms with Crippen LogP contribution in [0, 0.1) is 5.82 Å². The molecule has 0 radical (unpaired) electrons. The standard InChI is InChI=1S/C11H7ClFN3O2/c12-6-1-2-7(13)9(14)10(6)18-11(17)8-5-15-3-4-16-8/h1-5H,14H2. The Morgan fingerprint density at radius 3 is 2.83 bits per heavy atom. The normalized spacial score (nSPS) is 10.1. The summed E-state index contributed by atoms with van der Waals surface area (Å²) in [5, 5.41) is 0.0335. The van der Waals surface area contributed by atoms with E-state index in [2.05, 4.69) is 9.97 Å². The number of esters is 1. The molecule has 0 saturated heterocycles.